The lowest BCUT2D eigenvalue weighted by Gasteiger charge is -2.03. The monoisotopic (exact) mass is 246 g/mol. The Kier molecular flexibility index (Phi) is 3.17. The molecule has 0 aliphatic carbocycles. The average molecular weight is 247 g/mol. The number of hydrogen-bond acceptors (Lipinski definition) is 2. The molecule has 0 aliphatic rings. The van der Waals surface area contributed by atoms with E-state index in [1.165, 1.54) is 11.8 Å². The quantitative estimate of drug-likeness (QED) is 0.816. The second-order valence-electron chi connectivity index (χ2n) is 2.13. The fourth-order valence-electron chi connectivity index (χ4n) is 0.885. The van der Waals surface area contributed by atoms with Gasteiger partial charge in [-0.3, -0.25) is 0 Å². The van der Waals surface area contributed by atoms with Crippen LogP contribution in [-0.2, 0) is 0 Å². The van der Waals surface area contributed by atoms with Crippen LogP contribution in [0.1, 0.15) is 10.4 Å². The van der Waals surface area contributed by atoms with Crippen LogP contribution in [0.3, 0.4) is 0 Å². The summed E-state index contributed by atoms with van der Waals surface area (Å²) in [7, 11) is 0. The zero-order valence-corrected chi connectivity index (χ0v) is 8.78. The highest BCUT2D eigenvalue weighted by Gasteiger charge is 2.10. The van der Waals surface area contributed by atoms with Crippen LogP contribution < -0.4 is 0 Å². The normalized spacial score (nSPS) is 9.83. The maximum absolute atomic E-state index is 10.7. The van der Waals surface area contributed by atoms with Crippen molar-refractivity contribution >= 4 is 33.7 Å². The van der Waals surface area contributed by atoms with Gasteiger partial charge in [-0.1, -0.05) is 6.07 Å². The van der Waals surface area contributed by atoms with Gasteiger partial charge in [0.2, 0.25) is 0 Å². The first-order valence-electron chi connectivity index (χ1n) is 3.22. The number of carboxylic acid groups (broad SMARTS) is 1. The van der Waals surface area contributed by atoms with E-state index < -0.39 is 5.97 Å². The van der Waals surface area contributed by atoms with Gasteiger partial charge in [0, 0.05) is 9.37 Å². The van der Waals surface area contributed by atoms with Gasteiger partial charge in [0.25, 0.3) is 0 Å². The van der Waals surface area contributed by atoms with E-state index in [4.69, 9.17) is 5.11 Å². The minimum absolute atomic E-state index is 0.344. The van der Waals surface area contributed by atoms with Crippen molar-refractivity contribution in [3.8, 4) is 0 Å². The zero-order valence-electron chi connectivity index (χ0n) is 6.37. The van der Waals surface area contributed by atoms with Crippen molar-refractivity contribution in [2.24, 2.45) is 0 Å². The first kappa shape index (κ1) is 9.61. The molecule has 0 aliphatic heterocycles. The Morgan fingerprint density at radius 2 is 2.25 bits per heavy atom. The number of benzene rings is 1. The zero-order chi connectivity index (χ0) is 9.14. The Hall–Kier alpha value is -0.480. The lowest BCUT2D eigenvalue weighted by Crippen LogP contribution is -1.98. The summed E-state index contributed by atoms with van der Waals surface area (Å²) in [6.07, 6.45) is 1.85. The van der Waals surface area contributed by atoms with E-state index in [1.807, 2.05) is 12.3 Å². The second-order valence-corrected chi connectivity index (χ2v) is 3.80. The summed E-state index contributed by atoms with van der Waals surface area (Å²) in [6, 6.07) is 5.14. The molecular weight excluding hydrogens is 240 g/mol. The maximum atomic E-state index is 10.7. The van der Waals surface area contributed by atoms with Gasteiger partial charge in [-0.05, 0) is 34.3 Å². The highest BCUT2D eigenvalue weighted by Crippen LogP contribution is 2.28. The molecule has 4 heteroatoms. The Balaban J connectivity index is 3.27. The molecule has 2 nitrogen and oxygen atoms in total. The molecule has 0 aromatic heterocycles. The molecule has 0 atom stereocenters. The first-order chi connectivity index (χ1) is 5.66. The topological polar surface area (TPSA) is 37.3 Å². The van der Waals surface area contributed by atoms with Crippen LogP contribution in [0.25, 0.3) is 0 Å². The van der Waals surface area contributed by atoms with Gasteiger partial charge in [-0.25, -0.2) is 4.79 Å². The largest absolute Gasteiger partial charge is 0.478 e. The predicted molar refractivity (Wildman–Crippen MR) is 52.9 cm³/mol. The molecule has 0 saturated heterocycles. The molecular formula is C8H7BrO2S. The third kappa shape index (κ3) is 1.81. The third-order valence-electron chi connectivity index (χ3n) is 1.40. The first-order valence-corrected chi connectivity index (χ1v) is 5.24. The van der Waals surface area contributed by atoms with Gasteiger partial charge in [-0.15, -0.1) is 11.8 Å². The minimum atomic E-state index is -0.888. The van der Waals surface area contributed by atoms with Crippen molar-refractivity contribution in [3.63, 3.8) is 0 Å². The smallest absolute Gasteiger partial charge is 0.336 e. The number of halogens is 1. The molecule has 0 spiro atoms. The Bertz CT molecular complexity index is 312. The lowest BCUT2D eigenvalue weighted by molar-refractivity contribution is 0.0693. The van der Waals surface area contributed by atoms with Crippen LogP contribution in [0, 0.1) is 0 Å². The van der Waals surface area contributed by atoms with Crippen LogP contribution in [0.15, 0.2) is 27.6 Å². The Morgan fingerprint density at radius 1 is 1.58 bits per heavy atom. The highest BCUT2D eigenvalue weighted by atomic mass is 79.9. The Morgan fingerprint density at radius 3 is 2.67 bits per heavy atom. The van der Waals surface area contributed by atoms with Crippen molar-refractivity contribution < 1.29 is 9.90 Å². The average Bonchev–Trinajstić information content (AvgIpc) is 2.03. The summed E-state index contributed by atoms with van der Waals surface area (Å²) in [5.41, 5.74) is 0.344. The molecule has 0 saturated carbocycles. The summed E-state index contributed by atoms with van der Waals surface area (Å²) in [6.45, 7) is 0. The van der Waals surface area contributed by atoms with Gasteiger partial charge in [0.05, 0.1) is 5.56 Å². The number of hydrogen-bond donors (Lipinski definition) is 1. The summed E-state index contributed by atoms with van der Waals surface area (Å²) >= 11 is 4.71. The SMILES string of the molecule is CSc1c(Br)cccc1C(=O)O. The van der Waals surface area contributed by atoms with Crippen molar-refractivity contribution in [2.75, 3.05) is 6.26 Å². The van der Waals surface area contributed by atoms with Crippen LogP contribution in [-0.4, -0.2) is 17.3 Å². The molecule has 0 radical (unpaired) electrons. The number of aromatic carboxylic acids is 1. The molecule has 1 aromatic carbocycles. The standard InChI is InChI=1S/C8H7BrO2S/c1-12-7-5(8(10)11)3-2-4-6(7)9/h2-4H,1H3,(H,10,11). The molecule has 64 valence electrons. The van der Waals surface area contributed by atoms with Crippen LogP contribution >= 0.6 is 27.7 Å². The van der Waals surface area contributed by atoms with E-state index in [-0.39, 0.29) is 0 Å². The number of carbonyl (C=O) groups is 1. The van der Waals surface area contributed by atoms with E-state index in [0.29, 0.717) is 5.56 Å². The van der Waals surface area contributed by atoms with Gasteiger partial charge >= 0.3 is 5.97 Å². The minimum Gasteiger partial charge on any atom is -0.478 e. The molecule has 0 heterocycles. The molecule has 0 fully saturated rings. The molecule has 1 N–H and O–H groups in total. The number of thioether (sulfide) groups is 1. The lowest BCUT2D eigenvalue weighted by atomic mass is 10.2. The van der Waals surface area contributed by atoms with Crippen molar-refractivity contribution in [1.29, 1.82) is 0 Å². The predicted octanol–water partition coefficient (Wildman–Crippen LogP) is 2.87. The highest BCUT2D eigenvalue weighted by molar-refractivity contribution is 9.10. The van der Waals surface area contributed by atoms with E-state index in [1.54, 1.807) is 12.1 Å². The molecule has 1 aromatic rings. The van der Waals surface area contributed by atoms with E-state index in [9.17, 15) is 4.79 Å². The van der Waals surface area contributed by atoms with Crippen molar-refractivity contribution in [2.45, 2.75) is 4.90 Å². The van der Waals surface area contributed by atoms with Gasteiger partial charge < -0.3 is 5.11 Å². The summed E-state index contributed by atoms with van der Waals surface area (Å²) in [4.78, 5) is 11.5. The number of carboxylic acids is 1. The second kappa shape index (κ2) is 3.96. The van der Waals surface area contributed by atoms with E-state index >= 15 is 0 Å². The van der Waals surface area contributed by atoms with Crippen LogP contribution in [0.5, 0.6) is 0 Å². The van der Waals surface area contributed by atoms with Gasteiger partial charge in [-0.2, -0.15) is 0 Å². The number of rotatable bonds is 2. The van der Waals surface area contributed by atoms with E-state index in [0.717, 1.165) is 9.37 Å². The van der Waals surface area contributed by atoms with Gasteiger partial charge in [0.15, 0.2) is 0 Å². The van der Waals surface area contributed by atoms with Crippen molar-refractivity contribution in [3.05, 3.63) is 28.2 Å². The third-order valence-corrected chi connectivity index (χ3v) is 3.17. The molecule has 0 amide bonds. The Labute approximate surface area is 83.1 Å². The summed E-state index contributed by atoms with van der Waals surface area (Å²) in [5.74, 6) is -0.888. The van der Waals surface area contributed by atoms with Crippen LogP contribution in [0.4, 0.5) is 0 Å². The summed E-state index contributed by atoms with van der Waals surface area (Å²) in [5, 5.41) is 8.79. The molecule has 1 rings (SSSR count). The summed E-state index contributed by atoms with van der Waals surface area (Å²) < 4.78 is 0.829. The fourth-order valence-corrected chi connectivity index (χ4v) is 2.37. The van der Waals surface area contributed by atoms with Gasteiger partial charge in [0.1, 0.15) is 0 Å². The van der Waals surface area contributed by atoms with E-state index in [2.05, 4.69) is 15.9 Å². The van der Waals surface area contributed by atoms with Crippen LogP contribution in [0.2, 0.25) is 0 Å². The van der Waals surface area contributed by atoms with Crippen molar-refractivity contribution in [1.82, 2.24) is 0 Å². The maximum Gasteiger partial charge on any atom is 0.336 e. The molecule has 0 bridgehead atoms. The molecule has 12 heavy (non-hydrogen) atoms. The molecule has 0 unspecified atom stereocenters. The fraction of sp³-hybridized carbons (Fsp3) is 0.125.